The van der Waals surface area contributed by atoms with Crippen LogP contribution in [0.3, 0.4) is 0 Å². The van der Waals surface area contributed by atoms with E-state index in [1.807, 2.05) is 13.2 Å². The molecule has 0 aliphatic carbocycles. The summed E-state index contributed by atoms with van der Waals surface area (Å²) in [4.78, 5) is -0.519. The number of nitrogens with two attached hydrogens (primary N) is 1. The predicted octanol–water partition coefficient (Wildman–Crippen LogP) is 2.48. The van der Waals surface area contributed by atoms with E-state index in [9.17, 15) is 12.8 Å². The fraction of sp³-hybridized carbons (Fsp3) is 0.455. The molecule has 19 heavy (non-hydrogen) atoms. The van der Waals surface area contributed by atoms with Gasteiger partial charge in [-0.25, -0.2) is 17.5 Å². The van der Waals surface area contributed by atoms with Crippen LogP contribution in [0.4, 0.5) is 10.1 Å². The van der Waals surface area contributed by atoms with Gasteiger partial charge in [0.05, 0.1) is 5.02 Å². The zero-order valence-electron chi connectivity index (χ0n) is 10.6. The van der Waals surface area contributed by atoms with Crippen LogP contribution in [-0.4, -0.2) is 26.5 Å². The van der Waals surface area contributed by atoms with E-state index in [1.54, 1.807) is 11.8 Å². The molecule has 0 bridgehead atoms. The standard InChI is InChI=1S/C11H16ClFN2O2S2/c1-7(18-2)3-4-15-19(16,17)10-6-8(14)5-9(12)11(10)13/h5-7,15H,3-4,14H2,1-2H3. The second kappa shape index (κ2) is 6.78. The fourth-order valence-electron chi connectivity index (χ4n) is 1.37. The first-order chi connectivity index (χ1) is 8.77. The molecule has 0 aliphatic rings. The maximum absolute atomic E-state index is 13.7. The summed E-state index contributed by atoms with van der Waals surface area (Å²) in [6.07, 6.45) is 2.59. The Bertz CT molecular complexity index is 552. The summed E-state index contributed by atoms with van der Waals surface area (Å²) < 4.78 is 40.0. The Balaban J connectivity index is 2.89. The number of benzene rings is 1. The van der Waals surface area contributed by atoms with Gasteiger partial charge in [-0.05, 0) is 24.8 Å². The van der Waals surface area contributed by atoms with E-state index in [0.717, 1.165) is 6.07 Å². The van der Waals surface area contributed by atoms with Gasteiger partial charge in [0.2, 0.25) is 10.0 Å². The molecule has 1 atom stereocenters. The number of anilines is 1. The molecule has 0 fully saturated rings. The van der Waals surface area contributed by atoms with Crippen molar-refractivity contribution >= 4 is 39.1 Å². The zero-order valence-corrected chi connectivity index (χ0v) is 13.0. The molecular formula is C11H16ClFN2O2S2. The molecule has 0 amide bonds. The minimum absolute atomic E-state index is 0.101. The van der Waals surface area contributed by atoms with Crippen molar-refractivity contribution in [3.05, 3.63) is 23.0 Å². The average Bonchev–Trinajstić information content (AvgIpc) is 2.33. The van der Waals surface area contributed by atoms with Gasteiger partial charge in [-0.2, -0.15) is 11.8 Å². The van der Waals surface area contributed by atoms with Crippen molar-refractivity contribution in [3.8, 4) is 0 Å². The van der Waals surface area contributed by atoms with Crippen LogP contribution in [0.2, 0.25) is 5.02 Å². The lowest BCUT2D eigenvalue weighted by Crippen LogP contribution is -2.27. The van der Waals surface area contributed by atoms with E-state index in [4.69, 9.17) is 17.3 Å². The van der Waals surface area contributed by atoms with Gasteiger partial charge in [-0.3, -0.25) is 0 Å². The molecule has 0 aliphatic heterocycles. The van der Waals surface area contributed by atoms with Crippen LogP contribution in [0.5, 0.6) is 0 Å². The Morgan fingerprint density at radius 2 is 2.16 bits per heavy atom. The second-order valence-electron chi connectivity index (χ2n) is 4.05. The van der Waals surface area contributed by atoms with Crippen molar-refractivity contribution in [1.29, 1.82) is 0 Å². The third-order valence-corrected chi connectivity index (χ3v) is 5.33. The number of nitrogen functional groups attached to an aromatic ring is 1. The van der Waals surface area contributed by atoms with Crippen LogP contribution in [0.1, 0.15) is 13.3 Å². The van der Waals surface area contributed by atoms with Crippen LogP contribution in [0.25, 0.3) is 0 Å². The SMILES string of the molecule is CSC(C)CCNS(=O)(=O)c1cc(N)cc(Cl)c1F. The van der Waals surface area contributed by atoms with Gasteiger partial charge >= 0.3 is 0 Å². The normalized spacial score (nSPS) is 13.5. The molecule has 1 aromatic carbocycles. The fourth-order valence-corrected chi connectivity index (χ4v) is 3.19. The van der Waals surface area contributed by atoms with Gasteiger partial charge < -0.3 is 5.73 Å². The smallest absolute Gasteiger partial charge is 0.243 e. The van der Waals surface area contributed by atoms with Crippen LogP contribution in [0, 0.1) is 5.82 Å². The summed E-state index contributed by atoms with van der Waals surface area (Å²) in [6, 6.07) is 2.23. The molecule has 0 radical (unpaired) electrons. The van der Waals surface area contributed by atoms with Crippen molar-refractivity contribution in [3.63, 3.8) is 0 Å². The molecule has 4 nitrogen and oxygen atoms in total. The summed E-state index contributed by atoms with van der Waals surface area (Å²) in [7, 11) is -3.94. The summed E-state index contributed by atoms with van der Waals surface area (Å²) in [5.41, 5.74) is 5.58. The molecule has 3 N–H and O–H groups in total. The first kappa shape index (κ1) is 16.6. The Kier molecular flexibility index (Phi) is 5.91. The minimum atomic E-state index is -3.94. The third kappa shape index (κ3) is 4.52. The van der Waals surface area contributed by atoms with Crippen molar-refractivity contribution in [1.82, 2.24) is 4.72 Å². The summed E-state index contributed by atoms with van der Waals surface area (Å²) in [5.74, 6) is -0.985. The number of hydrogen-bond donors (Lipinski definition) is 2. The quantitative estimate of drug-likeness (QED) is 0.788. The molecule has 108 valence electrons. The molecule has 0 aromatic heterocycles. The monoisotopic (exact) mass is 326 g/mol. The first-order valence-corrected chi connectivity index (χ1v) is 8.70. The molecule has 1 unspecified atom stereocenters. The van der Waals surface area contributed by atoms with Gasteiger partial charge in [-0.15, -0.1) is 0 Å². The second-order valence-corrected chi connectivity index (χ2v) is 7.47. The molecule has 1 rings (SSSR count). The average molecular weight is 327 g/mol. The first-order valence-electron chi connectivity index (χ1n) is 5.55. The zero-order chi connectivity index (χ0) is 14.6. The van der Waals surface area contributed by atoms with Gasteiger partial charge in [0.15, 0.2) is 5.82 Å². The lowest BCUT2D eigenvalue weighted by atomic mass is 10.3. The van der Waals surface area contributed by atoms with Crippen LogP contribution >= 0.6 is 23.4 Å². The Labute approximate surface area is 121 Å². The highest BCUT2D eigenvalue weighted by atomic mass is 35.5. The molecular weight excluding hydrogens is 311 g/mol. The maximum atomic E-state index is 13.7. The van der Waals surface area contributed by atoms with E-state index in [2.05, 4.69) is 4.72 Å². The molecule has 0 saturated carbocycles. The van der Waals surface area contributed by atoms with Gasteiger partial charge in [0.25, 0.3) is 0 Å². The number of nitrogens with one attached hydrogen (secondary N) is 1. The number of sulfonamides is 1. The van der Waals surface area contributed by atoms with Crippen LogP contribution in [-0.2, 0) is 10.0 Å². The maximum Gasteiger partial charge on any atom is 0.243 e. The van der Waals surface area contributed by atoms with Gasteiger partial charge in [0.1, 0.15) is 4.90 Å². The molecule has 8 heteroatoms. The number of halogens is 2. The Morgan fingerprint density at radius 3 is 2.74 bits per heavy atom. The molecule has 0 spiro atoms. The van der Waals surface area contributed by atoms with Crippen LogP contribution in [0.15, 0.2) is 17.0 Å². The predicted molar refractivity (Wildman–Crippen MR) is 78.6 cm³/mol. The van der Waals surface area contributed by atoms with Crippen molar-refractivity contribution in [2.45, 2.75) is 23.5 Å². The minimum Gasteiger partial charge on any atom is -0.399 e. The van der Waals surface area contributed by atoms with Gasteiger partial charge in [0, 0.05) is 17.5 Å². The highest BCUT2D eigenvalue weighted by Gasteiger charge is 2.21. The number of rotatable bonds is 6. The summed E-state index contributed by atoms with van der Waals surface area (Å²) >= 11 is 7.21. The van der Waals surface area contributed by atoms with Crippen molar-refractivity contribution in [2.75, 3.05) is 18.5 Å². The highest BCUT2D eigenvalue weighted by molar-refractivity contribution is 7.99. The Morgan fingerprint density at radius 1 is 1.53 bits per heavy atom. The van der Waals surface area contributed by atoms with E-state index in [1.165, 1.54) is 6.07 Å². The lowest BCUT2D eigenvalue weighted by Gasteiger charge is -2.11. The Hall–Kier alpha value is -0.500. The summed E-state index contributed by atoms with van der Waals surface area (Å²) in [5, 5.41) is 0.00911. The lowest BCUT2D eigenvalue weighted by molar-refractivity contribution is 0.556. The molecule has 0 heterocycles. The topological polar surface area (TPSA) is 72.2 Å². The number of thioether (sulfide) groups is 1. The van der Waals surface area contributed by atoms with E-state index in [0.29, 0.717) is 11.7 Å². The van der Waals surface area contributed by atoms with Crippen molar-refractivity contribution < 1.29 is 12.8 Å². The summed E-state index contributed by atoms with van der Waals surface area (Å²) in [6.45, 7) is 2.22. The largest absolute Gasteiger partial charge is 0.399 e. The van der Waals surface area contributed by atoms with E-state index in [-0.39, 0.29) is 17.3 Å². The van der Waals surface area contributed by atoms with E-state index < -0.39 is 20.7 Å². The third-order valence-electron chi connectivity index (χ3n) is 2.55. The van der Waals surface area contributed by atoms with E-state index >= 15 is 0 Å². The molecule has 1 aromatic rings. The number of hydrogen-bond acceptors (Lipinski definition) is 4. The van der Waals surface area contributed by atoms with Gasteiger partial charge in [-0.1, -0.05) is 18.5 Å². The molecule has 0 saturated heterocycles. The van der Waals surface area contributed by atoms with Crippen LogP contribution < -0.4 is 10.5 Å². The highest BCUT2D eigenvalue weighted by Crippen LogP contribution is 2.25. The van der Waals surface area contributed by atoms with Crippen molar-refractivity contribution in [2.24, 2.45) is 0 Å².